The van der Waals surface area contributed by atoms with Gasteiger partial charge < -0.3 is 0 Å². The molecule has 1 unspecified atom stereocenters. The summed E-state index contributed by atoms with van der Waals surface area (Å²) >= 11 is 0. The van der Waals surface area contributed by atoms with E-state index in [2.05, 4.69) is 76.0 Å². The molecule has 0 aliphatic heterocycles. The third-order valence-corrected chi connectivity index (χ3v) is 4.09. The predicted molar refractivity (Wildman–Crippen MR) is 88.3 cm³/mol. The molecular weight excluding hydrogens is 247 g/mol. The molecule has 90 valence electrons. The monoisotopic (exact) mass is 260 g/mol. The summed E-state index contributed by atoms with van der Waals surface area (Å²) in [5.74, 6) is 0. The number of benzene rings is 4. The van der Waals surface area contributed by atoms with Gasteiger partial charge in [0.2, 0.25) is 0 Å². The maximum absolute atomic E-state index is 2.78. The van der Waals surface area contributed by atoms with E-state index < -0.39 is 0 Å². The van der Waals surface area contributed by atoms with Crippen LogP contribution in [0.5, 0.6) is 0 Å². The molecule has 0 fully saturated rings. The summed E-state index contributed by atoms with van der Waals surface area (Å²) in [4.78, 5) is 0. The van der Waals surface area contributed by atoms with Gasteiger partial charge in [-0.3, -0.25) is 0 Å². The van der Waals surface area contributed by atoms with Crippen LogP contribution >= 0.6 is 9.24 Å². The molecule has 0 amide bonds. The molecule has 0 heterocycles. The van der Waals surface area contributed by atoms with Crippen molar-refractivity contribution in [2.75, 3.05) is 0 Å². The van der Waals surface area contributed by atoms with Gasteiger partial charge in [0.15, 0.2) is 0 Å². The number of rotatable bonds is 0. The zero-order chi connectivity index (χ0) is 12.8. The Morgan fingerprint density at radius 1 is 0.526 bits per heavy atom. The van der Waals surface area contributed by atoms with Gasteiger partial charge in [-0.15, -0.1) is 9.24 Å². The fourth-order valence-electron chi connectivity index (χ4n) is 2.76. The minimum Gasteiger partial charge on any atom is -0.106 e. The first-order chi connectivity index (χ1) is 9.31. The van der Waals surface area contributed by atoms with Gasteiger partial charge in [-0.05, 0) is 55.8 Å². The number of hydrogen-bond acceptors (Lipinski definition) is 0. The molecule has 0 saturated heterocycles. The van der Waals surface area contributed by atoms with Crippen molar-refractivity contribution in [3.63, 3.8) is 0 Å². The molecule has 0 radical (unpaired) electrons. The minimum absolute atomic E-state index is 1.23. The third kappa shape index (κ3) is 1.72. The highest BCUT2D eigenvalue weighted by molar-refractivity contribution is 7.27. The van der Waals surface area contributed by atoms with Crippen LogP contribution in [0.15, 0.2) is 66.7 Å². The summed E-state index contributed by atoms with van der Waals surface area (Å²) in [6, 6.07) is 24.1. The summed E-state index contributed by atoms with van der Waals surface area (Å²) in [5.41, 5.74) is 0. The van der Waals surface area contributed by atoms with Crippen molar-refractivity contribution >= 4 is 46.9 Å². The number of fused-ring (bicyclic) bond motifs is 4. The fourth-order valence-corrected chi connectivity index (χ4v) is 3.02. The van der Waals surface area contributed by atoms with Crippen LogP contribution in [-0.4, -0.2) is 0 Å². The van der Waals surface area contributed by atoms with Crippen LogP contribution < -0.4 is 5.30 Å². The second-order valence-electron chi connectivity index (χ2n) is 4.97. The predicted octanol–water partition coefficient (Wildman–Crippen LogP) is 4.65. The van der Waals surface area contributed by atoms with Crippen LogP contribution in [0.25, 0.3) is 32.3 Å². The van der Waals surface area contributed by atoms with Crippen LogP contribution in [-0.2, 0) is 0 Å². The van der Waals surface area contributed by atoms with Crippen LogP contribution in [0.4, 0.5) is 0 Å². The molecule has 4 rings (SSSR count). The topological polar surface area (TPSA) is 0 Å². The van der Waals surface area contributed by atoms with E-state index in [4.69, 9.17) is 0 Å². The van der Waals surface area contributed by atoms with E-state index >= 15 is 0 Å². The molecule has 0 N–H and O–H groups in total. The quantitative estimate of drug-likeness (QED) is 0.245. The van der Waals surface area contributed by atoms with Crippen LogP contribution in [0.2, 0.25) is 0 Å². The summed E-state index contributed by atoms with van der Waals surface area (Å²) < 4.78 is 0. The Balaban J connectivity index is 2.25. The van der Waals surface area contributed by atoms with E-state index in [0.717, 1.165) is 0 Å². The molecule has 19 heavy (non-hydrogen) atoms. The fraction of sp³-hybridized carbons (Fsp3) is 0. The lowest BCUT2D eigenvalue weighted by molar-refractivity contribution is 1.79. The molecule has 4 aromatic rings. The second-order valence-corrected chi connectivity index (χ2v) is 5.63. The van der Waals surface area contributed by atoms with E-state index in [-0.39, 0.29) is 0 Å². The van der Waals surface area contributed by atoms with Gasteiger partial charge in [0, 0.05) is 0 Å². The molecule has 0 spiro atoms. The summed E-state index contributed by atoms with van der Waals surface area (Å²) in [6.45, 7) is 0. The highest BCUT2D eigenvalue weighted by Gasteiger charge is 2.02. The van der Waals surface area contributed by atoms with Crippen LogP contribution in [0, 0.1) is 0 Å². The van der Waals surface area contributed by atoms with Crippen LogP contribution in [0.3, 0.4) is 0 Å². The molecule has 0 saturated carbocycles. The first kappa shape index (κ1) is 11.0. The van der Waals surface area contributed by atoms with Crippen molar-refractivity contribution in [3.05, 3.63) is 66.7 Å². The van der Waals surface area contributed by atoms with Crippen molar-refractivity contribution in [1.82, 2.24) is 0 Å². The smallest absolute Gasteiger partial charge is 0.00988 e. The van der Waals surface area contributed by atoms with E-state index in [1.807, 2.05) is 0 Å². The molecule has 0 bridgehead atoms. The minimum atomic E-state index is 1.23. The van der Waals surface area contributed by atoms with Crippen molar-refractivity contribution in [1.29, 1.82) is 0 Å². The molecule has 0 aromatic heterocycles. The Hall–Kier alpha value is -1.91. The average molecular weight is 260 g/mol. The maximum atomic E-state index is 2.78. The van der Waals surface area contributed by atoms with Gasteiger partial charge in [-0.1, -0.05) is 48.5 Å². The highest BCUT2D eigenvalue weighted by atomic mass is 31.0. The summed E-state index contributed by atoms with van der Waals surface area (Å²) in [6.07, 6.45) is 0. The van der Waals surface area contributed by atoms with Gasteiger partial charge in [-0.2, -0.15) is 0 Å². The average Bonchev–Trinajstić information content (AvgIpc) is 2.45. The molecule has 0 aliphatic rings. The molecular formula is C18H13P. The van der Waals surface area contributed by atoms with Crippen molar-refractivity contribution < 1.29 is 0 Å². The largest absolute Gasteiger partial charge is 0.106 e. The summed E-state index contributed by atoms with van der Waals surface area (Å²) in [7, 11) is 2.78. The highest BCUT2D eigenvalue weighted by Crippen LogP contribution is 2.29. The zero-order valence-corrected chi connectivity index (χ0v) is 11.6. The normalized spacial score (nSPS) is 11.4. The van der Waals surface area contributed by atoms with E-state index in [1.54, 1.807) is 0 Å². The van der Waals surface area contributed by atoms with Crippen LogP contribution in [0.1, 0.15) is 0 Å². The Morgan fingerprint density at radius 2 is 1.16 bits per heavy atom. The van der Waals surface area contributed by atoms with Gasteiger partial charge >= 0.3 is 0 Å². The van der Waals surface area contributed by atoms with E-state index in [1.165, 1.54) is 37.6 Å². The third-order valence-electron chi connectivity index (χ3n) is 3.73. The Morgan fingerprint density at radius 3 is 2.00 bits per heavy atom. The molecule has 0 nitrogen and oxygen atoms in total. The maximum Gasteiger partial charge on any atom is -0.00988 e. The van der Waals surface area contributed by atoms with Crippen molar-refractivity contribution in [3.8, 4) is 0 Å². The number of hydrogen-bond donors (Lipinski definition) is 0. The Labute approximate surface area is 114 Å². The van der Waals surface area contributed by atoms with Gasteiger partial charge in [0.1, 0.15) is 0 Å². The molecule has 4 aromatic carbocycles. The SMILES string of the molecule is Pc1ccc2ccc3cc4ccccc4cc3c2c1. The van der Waals surface area contributed by atoms with Crippen molar-refractivity contribution in [2.24, 2.45) is 0 Å². The van der Waals surface area contributed by atoms with Gasteiger partial charge in [0.05, 0.1) is 0 Å². The van der Waals surface area contributed by atoms with E-state index in [0.29, 0.717) is 0 Å². The molecule has 1 heteroatoms. The second kappa shape index (κ2) is 4.05. The first-order valence-corrected chi connectivity index (χ1v) is 7.00. The molecule has 0 aliphatic carbocycles. The first-order valence-electron chi connectivity index (χ1n) is 6.42. The lowest BCUT2D eigenvalue weighted by atomic mass is 9.98. The standard InChI is InChI=1S/C18H13P/c19-16-8-7-12-5-6-15-9-13-3-1-2-4-14(13)10-17(15)18(12)11-16/h1-11H,19H2. The van der Waals surface area contributed by atoms with Crippen molar-refractivity contribution in [2.45, 2.75) is 0 Å². The van der Waals surface area contributed by atoms with E-state index in [9.17, 15) is 0 Å². The Kier molecular flexibility index (Phi) is 2.33. The lowest BCUT2D eigenvalue weighted by Gasteiger charge is -2.07. The van der Waals surface area contributed by atoms with Gasteiger partial charge in [-0.25, -0.2) is 0 Å². The molecule has 1 atom stereocenters. The lowest BCUT2D eigenvalue weighted by Crippen LogP contribution is -1.89. The van der Waals surface area contributed by atoms with Gasteiger partial charge in [0.25, 0.3) is 0 Å². The Bertz CT molecular complexity index is 922. The summed E-state index contributed by atoms with van der Waals surface area (Å²) in [5, 5.41) is 9.10. The zero-order valence-electron chi connectivity index (χ0n) is 10.4.